The first-order chi connectivity index (χ1) is 19.9. The van der Waals surface area contributed by atoms with Crippen molar-refractivity contribution in [2.24, 2.45) is 0 Å². The number of rotatable bonds is 7. The summed E-state index contributed by atoms with van der Waals surface area (Å²) in [7, 11) is 0. The summed E-state index contributed by atoms with van der Waals surface area (Å²) in [5.74, 6) is 0.907. The summed E-state index contributed by atoms with van der Waals surface area (Å²) in [6, 6.07) is 8.19. The van der Waals surface area contributed by atoms with Crippen molar-refractivity contribution in [3.63, 3.8) is 0 Å². The molecule has 2 atom stereocenters. The van der Waals surface area contributed by atoms with Crippen molar-refractivity contribution < 1.29 is 17.9 Å². The van der Waals surface area contributed by atoms with Crippen molar-refractivity contribution in [1.82, 2.24) is 34.4 Å². The van der Waals surface area contributed by atoms with Crippen molar-refractivity contribution >= 4 is 39.0 Å². The largest absolute Gasteiger partial charge is 0.486 e. The third-order valence-corrected chi connectivity index (χ3v) is 8.47. The van der Waals surface area contributed by atoms with Crippen LogP contribution in [-0.2, 0) is 6.54 Å². The average Bonchev–Trinajstić information content (AvgIpc) is 3.76. The number of nitrogens with zero attached hydrogens (tertiary/aromatic N) is 7. The van der Waals surface area contributed by atoms with Crippen LogP contribution in [0.15, 0.2) is 45.8 Å². The Balaban J connectivity index is 1.01. The number of thiazole rings is 1. The zero-order valence-electron chi connectivity index (χ0n) is 21.9. The molecule has 41 heavy (non-hydrogen) atoms. The second-order valence-electron chi connectivity index (χ2n) is 10.1. The van der Waals surface area contributed by atoms with Gasteiger partial charge in [0.1, 0.15) is 22.4 Å². The van der Waals surface area contributed by atoms with Gasteiger partial charge in [-0.1, -0.05) is 11.3 Å². The Kier molecular flexibility index (Phi) is 6.55. The van der Waals surface area contributed by atoms with E-state index in [1.54, 1.807) is 28.8 Å². The first kappa shape index (κ1) is 25.9. The number of hydrogen-bond acceptors (Lipinski definition) is 11. The monoisotopic (exact) mass is 583 g/mol. The third kappa shape index (κ3) is 4.79. The molecule has 0 radical (unpaired) electrons. The number of nitrogen functional groups attached to an aromatic ring is 1. The summed E-state index contributed by atoms with van der Waals surface area (Å²) in [5.41, 5.74) is 7.60. The smallest absolute Gasteiger partial charge is 0.309 e. The normalized spacial score (nSPS) is 20.0. The number of anilines is 2. The van der Waals surface area contributed by atoms with Crippen LogP contribution in [0.4, 0.5) is 20.4 Å². The lowest BCUT2D eigenvalue weighted by atomic mass is 10.2. The topological polar surface area (TPSA) is 132 Å². The molecule has 4 aromatic heterocycles. The van der Waals surface area contributed by atoms with E-state index in [4.69, 9.17) is 14.9 Å². The van der Waals surface area contributed by atoms with E-state index < -0.39 is 18.1 Å². The molecule has 3 N–H and O–H groups in total. The van der Waals surface area contributed by atoms with Crippen LogP contribution in [-0.4, -0.2) is 87.1 Å². The molecule has 2 fully saturated rings. The molecule has 1 aromatic carbocycles. The maximum Gasteiger partial charge on any atom is 0.309 e. The van der Waals surface area contributed by atoms with E-state index in [0.29, 0.717) is 84.8 Å². The number of nitrogens with two attached hydrogens (primary N) is 1. The number of hydrogen-bond donors (Lipinski definition) is 2. The minimum atomic E-state index is -1.11. The Labute approximate surface area is 235 Å². The Morgan fingerprint density at radius 3 is 2.71 bits per heavy atom. The molecular formula is C26H27F2N9O3S. The molecule has 7 rings (SSSR count). The summed E-state index contributed by atoms with van der Waals surface area (Å²) in [6.07, 6.45) is -0.178. The van der Waals surface area contributed by atoms with E-state index in [-0.39, 0.29) is 17.4 Å². The van der Waals surface area contributed by atoms with Gasteiger partial charge in [0.05, 0.1) is 12.0 Å². The van der Waals surface area contributed by atoms with Gasteiger partial charge in [0.25, 0.3) is 0 Å². The van der Waals surface area contributed by atoms with Crippen molar-refractivity contribution in [2.75, 3.05) is 56.4 Å². The highest BCUT2D eigenvalue weighted by atomic mass is 32.1. The molecular weight excluding hydrogens is 556 g/mol. The summed E-state index contributed by atoms with van der Waals surface area (Å²) < 4.78 is 43.4. The SMILES string of the molecule is Nc1nc2c(sc(=O)n2CCN2CCN(c3ccc(OC4CNCC4F)cc3F)CC2)c2nc(-c3ccco3)nn12. The fraction of sp³-hybridized carbons (Fsp3) is 0.385. The summed E-state index contributed by atoms with van der Waals surface area (Å²) >= 11 is 1.06. The standard InChI is InChI=1S/C26H27F2N9O3S/c27-16-12-15(40-20-14-30-13-17(20)28)3-4-18(16)35-8-5-34(6-9-35)7-10-36-23-21(41-26(36)38)24-31-22(19-2-1-11-39-19)33-37(24)25(29)32-23/h1-4,11-12,17,20,30H,5-10,13-14H2,(H2,29,32). The zero-order chi connectivity index (χ0) is 28.1. The number of nitrogens with one attached hydrogen (secondary N) is 1. The maximum absolute atomic E-state index is 14.9. The molecule has 0 saturated carbocycles. The highest BCUT2D eigenvalue weighted by molar-refractivity contribution is 7.17. The molecule has 0 spiro atoms. The van der Waals surface area contributed by atoms with Crippen LogP contribution in [0.25, 0.3) is 27.6 Å². The molecule has 15 heteroatoms. The number of furan rings is 1. The number of aromatic nitrogens is 5. The molecule has 12 nitrogen and oxygen atoms in total. The average molecular weight is 584 g/mol. The van der Waals surface area contributed by atoms with Gasteiger partial charge >= 0.3 is 4.87 Å². The van der Waals surface area contributed by atoms with Crippen molar-refractivity contribution in [3.05, 3.63) is 52.1 Å². The van der Waals surface area contributed by atoms with E-state index in [1.165, 1.54) is 16.8 Å². The van der Waals surface area contributed by atoms with Crippen LogP contribution < -0.4 is 25.6 Å². The van der Waals surface area contributed by atoms with Crippen LogP contribution >= 0.6 is 11.3 Å². The summed E-state index contributed by atoms with van der Waals surface area (Å²) in [4.78, 5) is 26.0. The van der Waals surface area contributed by atoms with Crippen molar-refractivity contribution in [2.45, 2.75) is 18.8 Å². The van der Waals surface area contributed by atoms with Gasteiger partial charge in [0.15, 0.2) is 23.2 Å². The number of fused-ring (bicyclic) bond motifs is 3. The fourth-order valence-corrected chi connectivity index (χ4v) is 6.25. The van der Waals surface area contributed by atoms with E-state index in [1.807, 2.05) is 4.90 Å². The van der Waals surface area contributed by atoms with Gasteiger partial charge in [-0.3, -0.25) is 14.3 Å². The highest BCUT2D eigenvalue weighted by Gasteiger charge is 2.29. The van der Waals surface area contributed by atoms with Crippen molar-refractivity contribution in [1.29, 1.82) is 0 Å². The van der Waals surface area contributed by atoms with Gasteiger partial charge in [0.2, 0.25) is 11.8 Å². The van der Waals surface area contributed by atoms with Crippen LogP contribution in [0.1, 0.15) is 0 Å². The lowest BCUT2D eigenvalue weighted by molar-refractivity contribution is 0.139. The van der Waals surface area contributed by atoms with E-state index in [0.717, 1.165) is 11.3 Å². The van der Waals surface area contributed by atoms with Gasteiger partial charge < -0.3 is 25.1 Å². The molecule has 2 unspecified atom stereocenters. The molecule has 2 aliphatic rings. The maximum atomic E-state index is 14.9. The zero-order valence-corrected chi connectivity index (χ0v) is 22.7. The van der Waals surface area contributed by atoms with Gasteiger partial charge in [-0.05, 0) is 24.3 Å². The number of halogens is 2. The quantitative estimate of drug-likeness (QED) is 0.293. The molecule has 0 bridgehead atoms. The van der Waals surface area contributed by atoms with E-state index in [9.17, 15) is 13.6 Å². The van der Waals surface area contributed by atoms with Gasteiger partial charge in [0, 0.05) is 58.4 Å². The summed E-state index contributed by atoms with van der Waals surface area (Å²) in [5, 5.41) is 7.31. The lowest BCUT2D eigenvalue weighted by Gasteiger charge is -2.36. The Morgan fingerprint density at radius 1 is 1.12 bits per heavy atom. The van der Waals surface area contributed by atoms with Gasteiger partial charge in [-0.2, -0.15) is 9.50 Å². The number of piperazine rings is 1. The minimum absolute atomic E-state index is 0.126. The molecule has 6 heterocycles. The second-order valence-corrected chi connectivity index (χ2v) is 11.0. The molecule has 5 aromatic rings. The number of alkyl halides is 1. The predicted octanol–water partition coefficient (Wildman–Crippen LogP) is 1.99. The summed E-state index contributed by atoms with van der Waals surface area (Å²) in [6.45, 7) is 4.33. The van der Waals surface area contributed by atoms with E-state index in [2.05, 4.69) is 25.3 Å². The van der Waals surface area contributed by atoms with Crippen molar-refractivity contribution in [3.8, 4) is 17.3 Å². The molecule has 0 aliphatic carbocycles. The van der Waals surface area contributed by atoms with Crippen LogP contribution in [0.5, 0.6) is 5.75 Å². The Morgan fingerprint density at radius 2 is 1.98 bits per heavy atom. The predicted molar refractivity (Wildman–Crippen MR) is 150 cm³/mol. The van der Waals surface area contributed by atoms with Crippen LogP contribution in [0.3, 0.4) is 0 Å². The Hall–Kier alpha value is -4.08. The number of benzene rings is 1. The second kappa shape index (κ2) is 10.4. The highest BCUT2D eigenvalue weighted by Crippen LogP contribution is 2.28. The molecule has 2 saturated heterocycles. The van der Waals surface area contributed by atoms with Crippen LogP contribution in [0, 0.1) is 5.82 Å². The fourth-order valence-electron chi connectivity index (χ4n) is 5.32. The third-order valence-electron chi connectivity index (χ3n) is 7.51. The van der Waals surface area contributed by atoms with Gasteiger partial charge in [-0.25, -0.2) is 13.8 Å². The first-order valence-electron chi connectivity index (χ1n) is 13.3. The number of ether oxygens (including phenoxy) is 1. The minimum Gasteiger partial charge on any atom is -0.486 e. The lowest BCUT2D eigenvalue weighted by Crippen LogP contribution is -2.47. The Bertz CT molecular complexity index is 1760. The molecule has 214 valence electrons. The molecule has 2 aliphatic heterocycles. The molecule has 0 amide bonds. The van der Waals surface area contributed by atoms with Gasteiger partial charge in [-0.15, -0.1) is 5.10 Å². The van der Waals surface area contributed by atoms with Crippen LogP contribution in [0.2, 0.25) is 0 Å². The van der Waals surface area contributed by atoms with E-state index >= 15 is 0 Å². The first-order valence-corrected chi connectivity index (χ1v) is 14.1.